The summed E-state index contributed by atoms with van der Waals surface area (Å²) in [5.41, 5.74) is -0.582. The molecule has 1 amide bonds. The van der Waals surface area contributed by atoms with Crippen LogP contribution in [0.15, 0.2) is 15.1 Å². The van der Waals surface area contributed by atoms with Gasteiger partial charge in [-0.25, -0.2) is 18.8 Å². The molecule has 166 valence electrons. The number of rotatable bonds is 3. The molecule has 1 aromatic heterocycles. The lowest BCUT2D eigenvalue weighted by Crippen LogP contribution is -2.47. The first-order chi connectivity index (χ1) is 12.9. The van der Waals surface area contributed by atoms with Crippen molar-refractivity contribution in [2.24, 2.45) is 9.17 Å². The summed E-state index contributed by atoms with van der Waals surface area (Å²) in [4.78, 5) is 14.1. The predicted molar refractivity (Wildman–Crippen MR) is 116 cm³/mol. The Morgan fingerprint density at radius 3 is 2.48 bits per heavy atom. The molecule has 1 aromatic rings. The second-order valence-electron chi connectivity index (χ2n) is 10.0. The number of fused-ring (bicyclic) bond motifs is 1. The third kappa shape index (κ3) is 5.31. The summed E-state index contributed by atoms with van der Waals surface area (Å²) in [6.07, 6.45) is 1.03. The van der Waals surface area contributed by atoms with Gasteiger partial charge in [-0.05, 0) is 38.9 Å². The highest BCUT2D eigenvalue weighted by Gasteiger charge is 2.39. The van der Waals surface area contributed by atoms with Gasteiger partial charge < -0.3 is 14.4 Å². The highest BCUT2D eigenvalue weighted by Crippen LogP contribution is 2.38. The molecule has 9 nitrogen and oxygen atoms in total. The van der Waals surface area contributed by atoms with Gasteiger partial charge in [-0.1, -0.05) is 20.8 Å². The molecule has 0 bridgehead atoms. The number of nitrogens with zero attached hydrogens (tertiary/aromatic N) is 4. The minimum Gasteiger partial charge on any atom is -0.475 e. The van der Waals surface area contributed by atoms with Gasteiger partial charge in [0.2, 0.25) is 5.88 Å². The van der Waals surface area contributed by atoms with E-state index in [1.807, 2.05) is 33.9 Å². The van der Waals surface area contributed by atoms with Gasteiger partial charge in [-0.3, -0.25) is 4.03 Å². The zero-order valence-electron chi connectivity index (χ0n) is 19.0. The van der Waals surface area contributed by atoms with Gasteiger partial charge in [0.15, 0.2) is 8.24 Å². The molecule has 0 saturated heterocycles. The van der Waals surface area contributed by atoms with Crippen molar-refractivity contribution in [1.29, 1.82) is 0 Å². The Morgan fingerprint density at radius 2 is 1.97 bits per heavy atom. The van der Waals surface area contributed by atoms with Crippen molar-refractivity contribution in [3.63, 3.8) is 0 Å². The van der Waals surface area contributed by atoms with E-state index >= 15 is 0 Å². The Morgan fingerprint density at radius 1 is 1.38 bits per heavy atom. The molecule has 0 aliphatic carbocycles. The second kappa shape index (κ2) is 7.58. The summed E-state index contributed by atoms with van der Waals surface area (Å²) in [7, 11) is -3.74. The van der Waals surface area contributed by atoms with Gasteiger partial charge in [0.1, 0.15) is 27.0 Å². The molecule has 0 fully saturated rings. The Balaban J connectivity index is 2.28. The Hall–Kier alpha value is -1.59. The molecule has 0 saturated carbocycles. The van der Waals surface area contributed by atoms with Crippen molar-refractivity contribution in [2.75, 3.05) is 13.7 Å². The van der Waals surface area contributed by atoms with E-state index in [2.05, 4.69) is 29.9 Å². The average Bonchev–Trinajstić information content (AvgIpc) is 2.94. The molecule has 2 atom stereocenters. The summed E-state index contributed by atoms with van der Waals surface area (Å²) in [5, 5.41) is 10.4. The molecular weight excluding hydrogens is 410 g/mol. The summed E-state index contributed by atoms with van der Waals surface area (Å²) in [6, 6.07) is -0.267. The van der Waals surface area contributed by atoms with Crippen LogP contribution in [0.25, 0.3) is 0 Å². The molecular formula is C18H35N5O4SSi. The number of hydrogen-bond donors (Lipinski definition) is 1. The van der Waals surface area contributed by atoms with Crippen molar-refractivity contribution in [3.05, 3.63) is 6.20 Å². The van der Waals surface area contributed by atoms with Crippen molar-refractivity contribution < 1.29 is 18.5 Å². The number of nitrogens with two attached hydrogens (primary N) is 1. The van der Waals surface area contributed by atoms with Crippen LogP contribution in [-0.2, 0) is 21.2 Å². The van der Waals surface area contributed by atoms with E-state index in [4.69, 9.17) is 14.6 Å². The quantitative estimate of drug-likeness (QED) is 0.718. The van der Waals surface area contributed by atoms with Gasteiger partial charge in [-0.2, -0.15) is 5.10 Å². The second-order valence-corrected chi connectivity index (χ2v) is 16.9. The van der Waals surface area contributed by atoms with Crippen molar-refractivity contribution in [3.8, 4) is 5.88 Å². The van der Waals surface area contributed by atoms with Gasteiger partial charge >= 0.3 is 6.09 Å². The molecule has 2 N–H and O–H groups in total. The summed E-state index contributed by atoms with van der Waals surface area (Å²) in [6.45, 7) is 16.4. The van der Waals surface area contributed by atoms with E-state index in [0.29, 0.717) is 17.3 Å². The maximum Gasteiger partial charge on any atom is 0.410 e. The summed E-state index contributed by atoms with van der Waals surface area (Å²) in [5.74, 6) is 0.355. The van der Waals surface area contributed by atoms with Crippen LogP contribution in [0.2, 0.25) is 18.1 Å². The van der Waals surface area contributed by atoms with E-state index in [1.165, 1.54) is 11.1 Å². The first-order valence-electron chi connectivity index (χ1n) is 9.65. The van der Waals surface area contributed by atoms with Crippen LogP contribution >= 0.6 is 0 Å². The van der Waals surface area contributed by atoms with E-state index in [0.717, 1.165) is 0 Å². The topological polar surface area (TPSA) is 112 Å². The van der Waals surface area contributed by atoms with Crippen LogP contribution in [0.5, 0.6) is 5.88 Å². The van der Waals surface area contributed by atoms with E-state index in [1.54, 1.807) is 11.7 Å². The van der Waals surface area contributed by atoms with E-state index in [-0.39, 0.29) is 17.7 Å². The summed E-state index contributed by atoms with van der Waals surface area (Å²) >= 11 is 0. The zero-order chi connectivity index (χ0) is 22.4. The molecule has 0 radical (unpaired) electrons. The van der Waals surface area contributed by atoms with Gasteiger partial charge in [0, 0.05) is 7.05 Å². The van der Waals surface area contributed by atoms with E-state index < -0.39 is 29.8 Å². The smallest absolute Gasteiger partial charge is 0.410 e. The largest absolute Gasteiger partial charge is 0.475 e. The van der Waals surface area contributed by atoms with Gasteiger partial charge in [-0.15, -0.1) is 0 Å². The first-order valence-corrected chi connectivity index (χ1v) is 14.2. The van der Waals surface area contributed by atoms with Gasteiger partial charge in [0.05, 0.1) is 18.8 Å². The van der Waals surface area contributed by atoms with Crippen LogP contribution in [0.1, 0.15) is 41.5 Å². The number of amides is 1. The Bertz CT molecular complexity index is 891. The number of carbonyl (C=O) groups is 1. The lowest BCUT2D eigenvalue weighted by atomic mass is 10.2. The van der Waals surface area contributed by atoms with Crippen molar-refractivity contribution >= 4 is 24.2 Å². The Labute approximate surface area is 175 Å². The molecule has 0 aromatic carbocycles. The average molecular weight is 446 g/mol. The van der Waals surface area contributed by atoms with E-state index in [9.17, 15) is 9.00 Å². The predicted octanol–water partition coefficient (Wildman–Crippen LogP) is 3.22. The number of aromatic nitrogens is 2. The number of ether oxygens (including phenoxy) is 2. The van der Waals surface area contributed by atoms with Crippen LogP contribution in [0.3, 0.4) is 0 Å². The number of hydrogen-bond acceptors (Lipinski definition) is 6. The Kier molecular flexibility index (Phi) is 6.19. The lowest BCUT2D eigenvalue weighted by Gasteiger charge is -2.34. The van der Waals surface area contributed by atoms with Crippen molar-refractivity contribution in [1.82, 2.24) is 14.7 Å². The molecule has 1 aliphatic heterocycles. The molecule has 11 heteroatoms. The number of likely N-dealkylation sites (N-methyl/N-ethyl adjacent to an activating group) is 1. The monoisotopic (exact) mass is 445 g/mol. The number of carbonyl (C=O) groups excluding carboxylic acids is 1. The molecule has 0 spiro atoms. The third-order valence-corrected chi connectivity index (χ3v) is 12.8. The highest BCUT2D eigenvalue weighted by atomic mass is 32.2. The maximum absolute atomic E-state index is 13.3. The molecule has 29 heavy (non-hydrogen) atoms. The normalized spacial score (nSPS) is 19.6. The molecule has 2 heterocycles. The zero-order valence-corrected chi connectivity index (χ0v) is 20.8. The van der Waals surface area contributed by atoms with Crippen LogP contribution < -0.4 is 9.88 Å². The minimum absolute atomic E-state index is 0.0929. The fourth-order valence-electron chi connectivity index (χ4n) is 2.50. The van der Waals surface area contributed by atoms with Crippen molar-refractivity contribution in [2.45, 2.75) is 82.8 Å². The fourth-order valence-corrected chi connectivity index (χ4v) is 7.32. The third-order valence-electron chi connectivity index (χ3n) is 5.30. The molecule has 2 rings (SSSR count). The maximum atomic E-state index is 13.3. The van der Waals surface area contributed by atoms with Crippen LogP contribution in [0, 0.1) is 0 Å². The first kappa shape index (κ1) is 23.7. The SMILES string of the molecule is CN(C(=O)OC(C)(C)C)[C@H]1COc2c(S(N)(=O)=N[Si](C)(C)C(C)(C)C)cnn2C1. The summed E-state index contributed by atoms with van der Waals surface area (Å²) < 4.78 is 30.7. The van der Waals surface area contributed by atoms with Crippen LogP contribution in [-0.4, -0.2) is 58.5 Å². The standard InChI is InChI=1S/C18H35N5O4SSi/c1-17(2,3)27-16(24)22(7)13-11-23-15(26-12-13)14(10-20-23)28(19,25)21-29(8,9)18(4,5)6/h10,13H,11-12H2,1-9H3,(H2,19,21,25)/t13-,28?/m1/s1. The molecule has 1 aliphatic rings. The molecule has 1 unspecified atom stereocenters. The van der Waals surface area contributed by atoms with Crippen LogP contribution in [0.4, 0.5) is 4.79 Å². The highest BCUT2D eigenvalue weighted by molar-refractivity contribution is 7.92. The van der Waals surface area contributed by atoms with Gasteiger partial charge in [0.25, 0.3) is 0 Å². The lowest BCUT2D eigenvalue weighted by molar-refractivity contribution is 0.0101. The fraction of sp³-hybridized carbons (Fsp3) is 0.778. The minimum atomic E-state index is -3.15.